The van der Waals surface area contributed by atoms with Gasteiger partial charge in [0.25, 0.3) is 5.56 Å². The molecule has 0 unspecified atom stereocenters. The first kappa shape index (κ1) is 10.3. The predicted molar refractivity (Wildman–Crippen MR) is 65.4 cm³/mol. The van der Waals surface area contributed by atoms with E-state index < -0.39 is 0 Å². The van der Waals surface area contributed by atoms with E-state index in [-0.39, 0.29) is 5.56 Å². The summed E-state index contributed by atoms with van der Waals surface area (Å²) in [4.78, 5) is 15.0. The number of hydrogen-bond acceptors (Lipinski definition) is 4. The number of aromatic nitrogens is 2. The van der Waals surface area contributed by atoms with E-state index in [9.17, 15) is 4.79 Å². The van der Waals surface area contributed by atoms with Crippen molar-refractivity contribution in [3.8, 4) is 11.5 Å². The van der Waals surface area contributed by atoms with Crippen LogP contribution in [0.15, 0.2) is 16.9 Å². The lowest BCUT2D eigenvalue weighted by Crippen LogP contribution is -2.20. The second-order valence-corrected chi connectivity index (χ2v) is 4.22. The minimum atomic E-state index is -0.138. The molecule has 0 spiro atoms. The van der Waals surface area contributed by atoms with Crippen LogP contribution in [0.4, 0.5) is 0 Å². The Hall–Kier alpha value is -1.82. The normalized spacial score (nSPS) is 13.9. The summed E-state index contributed by atoms with van der Waals surface area (Å²) >= 11 is 5.06. The Labute approximate surface area is 102 Å². The second kappa shape index (κ2) is 3.59. The van der Waals surface area contributed by atoms with E-state index in [1.54, 1.807) is 19.2 Å². The third kappa shape index (κ3) is 1.52. The van der Waals surface area contributed by atoms with Crippen LogP contribution in [0, 0.1) is 4.77 Å². The molecule has 2 aromatic rings. The zero-order chi connectivity index (χ0) is 12.0. The zero-order valence-electron chi connectivity index (χ0n) is 9.15. The van der Waals surface area contributed by atoms with E-state index in [1.807, 2.05) is 0 Å². The van der Waals surface area contributed by atoms with E-state index >= 15 is 0 Å². The number of benzene rings is 1. The van der Waals surface area contributed by atoms with Crippen molar-refractivity contribution >= 4 is 23.1 Å². The Bertz CT molecular complexity index is 717. The number of rotatable bonds is 0. The molecule has 1 aliphatic heterocycles. The number of ether oxygens (including phenoxy) is 2. The Morgan fingerprint density at radius 1 is 1.29 bits per heavy atom. The van der Waals surface area contributed by atoms with Gasteiger partial charge in [-0.2, -0.15) is 0 Å². The van der Waals surface area contributed by atoms with Crippen LogP contribution < -0.4 is 15.0 Å². The summed E-state index contributed by atoms with van der Waals surface area (Å²) in [5.41, 5.74) is 0.531. The van der Waals surface area contributed by atoms with Gasteiger partial charge in [0.2, 0.25) is 0 Å². The number of aromatic amines is 1. The lowest BCUT2D eigenvalue weighted by molar-refractivity contribution is 0.172. The van der Waals surface area contributed by atoms with Gasteiger partial charge in [-0.15, -0.1) is 0 Å². The van der Waals surface area contributed by atoms with Crippen molar-refractivity contribution < 1.29 is 9.47 Å². The molecule has 0 fully saturated rings. The Kier molecular flexibility index (Phi) is 2.19. The fourth-order valence-electron chi connectivity index (χ4n) is 1.84. The van der Waals surface area contributed by atoms with E-state index in [4.69, 9.17) is 21.7 Å². The summed E-state index contributed by atoms with van der Waals surface area (Å²) in [6.07, 6.45) is 0. The van der Waals surface area contributed by atoms with E-state index in [0.717, 1.165) is 0 Å². The van der Waals surface area contributed by atoms with Crippen LogP contribution in [0.1, 0.15) is 0 Å². The van der Waals surface area contributed by atoms with Gasteiger partial charge in [0.15, 0.2) is 16.3 Å². The van der Waals surface area contributed by atoms with Gasteiger partial charge in [0.05, 0.1) is 10.9 Å². The molecule has 88 valence electrons. The van der Waals surface area contributed by atoms with Crippen molar-refractivity contribution in [3.05, 3.63) is 27.3 Å². The highest BCUT2D eigenvalue weighted by atomic mass is 32.1. The van der Waals surface area contributed by atoms with Crippen molar-refractivity contribution in [3.63, 3.8) is 0 Å². The molecular weight excluding hydrogens is 240 g/mol. The van der Waals surface area contributed by atoms with Crippen LogP contribution in [0.2, 0.25) is 0 Å². The molecule has 6 heteroatoms. The molecule has 17 heavy (non-hydrogen) atoms. The van der Waals surface area contributed by atoms with E-state index in [0.29, 0.717) is 40.4 Å². The maximum absolute atomic E-state index is 12.0. The molecular formula is C11H10N2O3S. The second-order valence-electron chi connectivity index (χ2n) is 3.84. The van der Waals surface area contributed by atoms with Crippen molar-refractivity contribution in [2.75, 3.05) is 13.2 Å². The van der Waals surface area contributed by atoms with Gasteiger partial charge in [-0.1, -0.05) is 0 Å². The summed E-state index contributed by atoms with van der Waals surface area (Å²) < 4.78 is 12.7. The number of fused-ring (bicyclic) bond motifs is 2. The Morgan fingerprint density at radius 3 is 2.65 bits per heavy atom. The summed E-state index contributed by atoms with van der Waals surface area (Å²) in [5, 5.41) is 0.547. The smallest absolute Gasteiger partial charge is 0.262 e. The summed E-state index contributed by atoms with van der Waals surface area (Å²) in [5.74, 6) is 1.24. The topological polar surface area (TPSA) is 56.2 Å². The molecule has 5 nitrogen and oxygen atoms in total. The SMILES string of the molecule is Cn1c(=S)[nH]c2cc3c(cc2c1=O)OCCO3. The number of H-pyrrole nitrogens is 1. The summed E-state index contributed by atoms with van der Waals surface area (Å²) in [6, 6.07) is 3.44. The third-order valence-electron chi connectivity index (χ3n) is 2.76. The fraction of sp³-hybridized carbons (Fsp3) is 0.273. The third-order valence-corrected chi connectivity index (χ3v) is 3.14. The molecule has 0 aliphatic carbocycles. The van der Waals surface area contributed by atoms with Crippen LogP contribution in [0.5, 0.6) is 11.5 Å². The first-order valence-corrected chi connectivity index (χ1v) is 5.60. The Balaban J connectivity index is 2.42. The molecule has 1 N–H and O–H groups in total. The van der Waals surface area contributed by atoms with Crippen molar-refractivity contribution in [2.24, 2.45) is 7.05 Å². The standard InChI is InChI=1S/C11H10N2O3S/c1-13-10(14)6-4-8-9(16-3-2-15-8)5-7(6)12-11(13)17/h4-5H,2-3H2,1H3,(H,12,17). The van der Waals surface area contributed by atoms with Gasteiger partial charge in [-0.3, -0.25) is 9.36 Å². The van der Waals surface area contributed by atoms with Crippen LogP contribution in [0.3, 0.4) is 0 Å². The molecule has 3 rings (SSSR count). The fourth-order valence-corrected chi connectivity index (χ4v) is 2.03. The maximum atomic E-state index is 12.0. The van der Waals surface area contributed by atoms with Crippen LogP contribution in [-0.2, 0) is 7.05 Å². The Morgan fingerprint density at radius 2 is 1.94 bits per heavy atom. The van der Waals surface area contributed by atoms with Crippen molar-refractivity contribution in [1.29, 1.82) is 0 Å². The molecule has 1 aromatic carbocycles. The van der Waals surface area contributed by atoms with Crippen LogP contribution in [-0.4, -0.2) is 22.8 Å². The first-order valence-electron chi connectivity index (χ1n) is 5.19. The van der Waals surface area contributed by atoms with Crippen LogP contribution in [0.25, 0.3) is 10.9 Å². The minimum Gasteiger partial charge on any atom is -0.486 e. The molecule has 0 amide bonds. The highest BCUT2D eigenvalue weighted by molar-refractivity contribution is 7.71. The highest BCUT2D eigenvalue weighted by Crippen LogP contribution is 2.32. The van der Waals surface area contributed by atoms with Crippen LogP contribution >= 0.6 is 12.2 Å². The van der Waals surface area contributed by atoms with E-state index in [1.165, 1.54) is 4.57 Å². The largest absolute Gasteiger partial charge is 0.486 e. The van der Waals surface area contributed by atoms with Gasteiger partial charge in [0.1, 0.15) is 13.2 Å². The quantitative estimate of drug-likeness (QED) is 0.717. The molecule has 0 saturated carbocycles. The number of nitrogens with zero attached hydrogens (tertiary/aromatic N) is 1. The van der Waals surface area contributed by atoms with E-state index in [2.05, 4.69) is 4.98 Å². The molecule has 1 aromatic heterocycles. The summed E-state index contributed by atoms with van der Waals surface area (Å²) in [6.45, 7) is 1.02. The monoisotopic (exact) mass is 250 g/mol. The van der Waals surface area contributed by atoms with Gasteiger partial charge in [-0.05, 0) is 18.3 Å². The van der Waals surface area contributed by atoms with Gasteiger partial charge in [0, 0.05) is 13.1 Å². The average Bonchev–Trinajstić information content (AvgIpc) is 2.34. The molecule has 0 saturated heterocycles. The van der Waals surface area contributed by atoms with Gasteiger partial charge < -0.3 is 14.5 Å². The predicted octanol–water partition coefficient (Wildman–Crippen LogP) is 1.37. The summed E-state index contributed by atoms with van der Waals surface area (Å²) in [7, 11) is 1.64. The lowest BCUT2D eigenvalue weighted by atomic mass is 10.2. The molecule has 0 atom stereocenters. The molecule has 1 aliphatic rings. The first-order chi connectivity index (χ1) is 8.16. The van der Waals surface area contributed by atoms with Gasteiger partial charge in [-0.25, -0.2) is 0 Å². The van der Waals surface area contributed by atoms with Crippen molar-refractivity contribution in [2.45, 2.75) is 0 Å². The number of hydrogen-bond donors (Lipinski definition) is 1. The maximum Gasteiger partial charge on any atom is 0.262 e. The zero-order valence-corrected chi connectivity index (χ0v) is 9.97. The molecule has 0 radical (unpaired) electrons. The average molecular weight is 250 g/mol. The van der Waals surface area contributed by atoms with Gasteiger partial charge >= 0.3 is 0 Å². The molecule has 2 heterocycles. The number of nitrogens with one attached hydrogen (secondary N) is 1. The minimum absolute atomic E-state index is 0.138. The molecule has 0 bridgehead atoms. The lowest BCUT2D eigenvalue weighted by Gasteiger charge is -2.18. The highest BCUT2D eigenvalue weighted by Gasteiger charge is 2.14. The van der Waals surface area contributed by atoms with Crippen molar-refractivity contribution in [1.82, 2.24) is 9.55 Å².